The average Bonchev–Trinajstić information content (AvgIpc) is 3.16. The van der Waals surface area contributed by atoms with Crippen molar-refractivity contribution in [2.45, 2.75) is 19.3 Å². The Kier molecular flexibility index (Phi) is 4.65. The summed E-state index contributed by atoms with van der Waals surface area (Å²) in [6.07, 6.45) is 3.60. The minimum Gasteiger partial charge on any atom is -0.496 e. The van der Waals surface area contributed by atoms with Crippen molar-refractivity contribution in [2.24, 2.45) is 11.1 Å². The van der Waals surface area contributed by atoms with Crippen molar-refractivity contribution in [3.8, 4) is 5.75 Å². The summed E-state index contributed by atoms with van der Waals surface area (Å²) in [5.41, 5.74) is 7.48. The van der Waals surface area contributed by atoms with Gasteiger partial charge < -0.3 is 15.8 Å². The summed E-state index contributed by atoms with van der Waals surface area (Å²) in [6.45, 7) is 2.87. The zero-order valence-corrected chi connectivity index (χ0v) is 12.4. The van der Waals surface area contributed by atoms with Gasteiger partial charge in [0.2, 0.25) is 0 Å². The first-order valence-electron chi connectivity index (χ1n) is 6.42. The number of halogens is 1. The van der Waals surface area contributed by atoms with Crippen LogP contribution in [-0.4, -0.2) is 26.7 Å². The number of ether oxygens (including phenoxy) is 1. The van der Waals surface area contributed by atoms with Gasteiger partial charge in [0.1, 0.15) is 5.75 Å². The van der Waals surface area contributed by atoms with Crippen molar-refractivity contribution < 1.29 is 4.74 Å². The standard InChI is InChI=1S/C14H21BrN2O/c1-18-13-3-2-11(8-12(13)15)4-7-17-10-14(9-16)5-6-14/h2-3,8,17H,4-7,9-10,16H2,1H3. The second-order valence-corrected chi connectivity index (χ2v) is 5.95. The largest absolute Gasteiger partial charge is 0.496 e. The fraction of sp³-hybridized carbons (Fsp3) is 0.571. The van der Waals surface area contributed by atoms with Gasteiger partial charge in [0, 0.05) is 6.54 Å². The molecular weight excluding hydrogens is 292 g/mol. The third kappa shape index (κ3) is 3.46. The Morgan fingerprint density at radius 1 is 1.44 bits per heavy atom. The highest BCUT2D eigenvalue weighted by molar-refractivity contribution is 9.10. The third-order valence-corrected chi connectivity index (χ3v) is 4.32. The van der Waals surface area contributed by atoms with E-state index in [1.807, 2.05) is 6.07 Å². The van der Waals surface area contributed by atoms with E-state index in [2.05, 4.69) is 33.4 Å². The normalized spacial score (nSPS) is 16.6. The van der Waals surface area contributed by atoms with Crippen molar-refractivity contribution in [1.29, 1.82) is 0 Å². The Morgan fingerprint density at radius 2 is 2.22 bits per heavy atom. The number of benzene rings is 1. The zero-order chi connectivity index (χ0) is 13.0. The molecule has 3 nitrogen and oxygen atoms in total. The van der Waals surface area contributed by atoms with Crippen molar-refractivity contribution in [3.63, 3.8) is 0 Å². The van der Waals surface area contributed by atoms with Gasteiger partial charge in [0.05, 0.1) is 11.6 Å². The number of hydrogen-bond donors (Lipinski definition) is 2. The van der Waals surface area contributed by atoms with Gasteiger partial charge in [0.15, 0.2) is 0 Å². The Labute approximate surface area is 117 Å². The topological polar surface area (TPSA) is 47.3 Å². The van der Waals surface area contributed by atoms with E-state index in [0.717, 1.165) is 36.3 Å². The highest BCUT2D eigenvalue weighted by atomic mass is 79.9. The van der Waals surface area contributed by atoms with E-state index in [1.165, 1.54) is 18.4 Å². The smallest absolute Gasteiger partial charge is 0.133 e. The Balaban J connectivity index is 1.75. The Hall–Kier alpha value is -0.580. The fourth-order valence-electron chi connectivity index (χ4n) is 2.08. The van der Waals surface area contributed by atoms with Gasteiger partial charge in [-0.3, -0.25) is 0 Å². The molecule has 0 radical (unpaired) electrons. The number of rotatable bonds is 7. The summed E-state index contributed by atoms with van der Waals surface area (Å²) < 4.78 is 6.23. The van der Waals surface area contributed by atoms with Crippen LogP contribution in [-0.2, 0) is 6.42 Å². The number of nitrogens with one attached hydrogen (secondary N) is 1. The lowest BCUT2D eigenvalue weighted by Crippen LogP contribution is -2.30. The quantitative estimate of drug-likeness (QED) is 0.760. The van der Waals surface area contributed by atoms with Gasteiger partial charge in [-0.1, -0.05) is 6.07 Å². The van der Waals surface area contributed by atoms with Crippen LogP contribution in [0, 0.1) is 5.41 Å². The van der Waals surface area contributed by atoms with Gasteiger partial charge in [0.25, 0.3) is 0 Å². The fourth-order valence-corrected chi connectivity index (χ4v) is 2.67. The van der Waals surface area contributed by atoms with Crippen LogP contribution >= 0.6 is 15.9 Å². The van der Waals surface area contributed by atoms with Crippen LogP contribution < -0.4 is 15.8 Å². The SMILES string of the molecule is COc1ccc(CCNCC2(CN)CC2)cc1Br. The number of nitrogens with two attached hydrogens (primary N) is 1. The lowest BCUT2D eigenvalue weighted by molar-refractivity contribution is 0.412. The predicted molar refractivity (Wildman–Crippen MR) is 78.0 cm³/mol. The molecule has 3 N–H and O–H groups in total. The molecule has 0 atom stereocenters. The molecule has 0 unspecified atom stereocenters. The van der Waals surface area contributed by atoms with Crippen LogP contribution in [0.15, 0.2) is 22.7 Å². The highest BCUT2D eigenvalue weighted by Crippen LogP contribution is 2.43. The van der Waals surface area contributed by atoms with Gasteiger partial charge in [-0.2, -0.15) is 0 Å². The van der Waals surface area contributed by atoms with E-state index >= 15 is 0 Å². The zero-order valence-electron chi connectivity index (χ0n) is 10.8. The molecule has 100 valence electrons. The lowest BCUT2D eigenvalue weighted by Gasteiger charge is -2.13. The molecule has 0 aliphatic heterocycles. The molecule has 0 spiro atoms. The third-order valence-electron chi connectivity index (χ3n) is 3.70. The molecule has 1 aliphatic rings. The predicted octanol–water partition coefficient (Wildman–Crippen LogP) is 2.33. The molecule has 1 fully saturated rings. The maximum absolute atomic E-state index is 5.75. The average molecular weight is 313 g/mol. The summed E-state index contributed by atoms with van der Waals surface area (Å²) in [5, 5.41) is 3.51. The molecule has 4 heteroatoms. The first-order valence-corrected chi connectivity index (χ1v) is 7.22. The van der Waals surface area contributed by atoms with E-state index in [0.29, 0.717) is 5.41 Å². The van der Waals surface area contributed by atoms with Crippen molar-refractivity contribution >= 4 is 15.9 Å². The monoisotopic (exact) mass is 312 g/mol. The van der Waals surface area contributed by atoms with Gasteiger partial charge >= 0.3 is 0 Å². The number of hydrogen-bond acceptors (Lipinski definition) is 3. The van der Waals surface area contributed by atoms with Crippen LogP contribution in [0.5, 0.6) is 5.75 Å². The summed E-state index contributed by atoms with van der Waals surface area (Å²) >= 11 is 3.51. The minimum atomic E-state index is 0.417. The van der Waals surface area contributed by atoms with Crippen molar-refractivity contribution in [2.75, 3.05) is 26.7 Å². The summed E-state index contributed by atoms with van der Waals surface area (Å²) in [5.74, 6) is 0.881. The Morgan fingerprint density at radius 3 is 2.78 bits per heavy atom. The molecule has 1 aromatic rings. The molecule has 18 heavy (non-hydrogen) atoms. The lowest BCUT2D eigenvalue weighted by atomic mass is 10.1. The first-order chi connectivity index (χ1) is 8.69. The van der Waals surface area contributed by atoms with Gasteiger partial charge in [-0.25, -0.2) is 0 Å². The minimum absolute atomic E-state index is 0.417. The van der Waals surface area contributed by atoms with Crippen LogP contribution in [0.3, 0.4) is 0 Å². The van der Waals surface area contributed by atoms with Crippen LogP contribution in [0.4, 0.5) is 0 Å². The molecule has 0 heterocycles. The first kappa shape index (κ1) is 13.8. The van der Waals surface area contributed by atoms with E-state index < -0.39 is 0 Å². The van der Waals surface area contributed by atoms with Crippen molar-refractivity contribution in [1.82, 2.24) is 5.32 Å². The Bertz CT molecular complexity index is 405. The molecule has 1 saturated carbocycles. The molecule has 1 aliphatic carbocycles. The molecule has 0 aromatic heterocycles. The summed E-state index contributed by atoms with van der Waals surface area (Å²) in [4.78, 5) is 0. The summed E-state index contributed by atoms with van der Waals surface area (Å²) in [7, 11) is 1.68. The van der Waals surface area contributed by atoms with E-state index in [1.54, 1.807) is 7.11 Å². The van der Waals surface area contributed by atoms with Crippen LogP contribution in [0.1, 0.15) is 18.4 Å². The molecule has 0 amide bonds. The van der Waals surface area contributed by atoms with E-state index in [4.69, 9.17) is 10.5 Å². The van der Waals surface area contributed by atoms with Crippen molar-refractivity contribution in [3.05, 3.63) is 28.2 Å². The molecule has 2 rings (SSSR count). The molecule has 1 aromatic carbocycles. The highest BCUT2D eigenvalue weighted by Gasteiger charge is 2.40. The number of methoxy groups -OCH3 is 1. The van der Waals surface area contributed by atoms with E-state index in [-0.39, 0.29) is 0 Å². The maximum Gasteiger partial charge on any atom is 0.133 e. The van der Waals surface area contributed by atoms with Crippen LogP contribution in [0.2, 0.25) is 0 Å². The molecular formula is C14H21BrN2O. The van der Waals surface area contributed by atoms with Crippen LogP contribution in [0.25, 0.3) is 0 Å². The second-order valence-electron chi connectivity index (χ2n) is 5.10. The second kappa shape index (κ2) is 6.04. The maximum atomic E-state index is 5.75. The van der Waals surface area contributed by atoms with E-state index in [9.17, 15) is 0 Å². The van der Waals surface area contributed by atoms with Gasteiger partial charge in [-0.05, 0) is 71.4 Å². The molecule has 0 saturated heterocycles. The molecule has 0 bridgehead atoms. The summed E-state index contributed by atoms with van der Waals surface area (Å²) in [6, 6.07) is 6.24. The van der Waals surface area contributed by atoms with Gasteiger partial charge in [-0.15, -0.1) is 0 Å².